The molecule has 1 fully saturated rings. The second-order valence-corrected chi connectivity index (χ2v) is 5.66. The predicted molar refractivity (Wildman–Crippen MR) is 66.5 cm³/mol. The van der Waals surface area contributed by atoms with Crippen molar-refractivity contribution < 1.29 is 9.21 Å². The molecule has 0 aliphatic heterocycles. The molecule has 0 saturated heterocycles. The van der Waals surface area contributed by atoms with Crippen LogP contribution < -0.4 is 0 Å². The Balaban J connectivity index is 1.79. The molecule has 1 amide bonds. The van der Waals surface area contributed by atoms with Gasteiger partial charge in [0.25, 0.3) is 5.91 Å². The van der Waals surface area contributed by atoms with Crippen LogP contribution in [0.2, 0.25) is 4.47 Å². The predicted octanol–water partition coefficient (Wildman–Crippen LogP) is 2.59. The van der Waals surface area contributed by atoms with E-state index in [2.05, 4.69) is 10.2 Å². The van der Waals surface area contributed by atoms with Gasteiger partial charge < -0.3 is 9.32 Å². The number of amides is 1. The van der Waals surface area contributed by atoms with Crippen molar-refractivity contribution >= 4 is 28.8 Å². The van der Waals surface area contributed by atoms with E-state index in [1.807, 2.05) is 12.1 Å². The fourth-order valence-corrected chi connectivity index (χ4v) is 2.52. The first-order valence-electron chi connectivity index (χ1n) is 5.56. The van der Waals surface area contributed by atoms with Crippen LogP contribution in [0.25, 0.3) is 0 Å². The molecule has 0 bridgehead atoms. The Hall–Kier alpha value is -1.40. The highest BCUT2D eigenvalue weighted by Crippen LogP contribution is 2.30. The first-order chi connectivity index (χ1) is 8.74. The first kappa shape index (κ1) is 11.7. The van der Waals surface area contributed by atoms with Gasteiger partial charge in [-0.15, -0.1) is 10.2 Å². The molecule has 0 atom stereocenters. The molecule has 0 spiro atoms. The largest absolute Gasteiger partial charge is 0.467 e. The third kappa shape index (κ3) is 2.39. The van der Waals surface area contributed by atoms with Gasteiger partial charge in [-0.2, -0.15) is 0 Å². The summed E-state index contributed by atoms with van der Waals surface area (Å²) in [6.07, 6.45) is 3.66. The number of halogens is 1. The Morgan fingerprint density at radius 3 is 2.94 bits per heavy atom. The number of furan rings is 1. The zero-order valence-electron chi connectivity index (χ0n) is 9.38. The topological polar surface area (TPSA) is 59.2 Å². The second-order valence-electron chi connectivity index (χ2n) is 4.10. The van der Waals surface area contributed by atoms with E-state index in [-0.39, 0.29) is 16.4 Å². The highest BCUT2D eigenvalue weighted by atomic mass is 35.5. The molecule has 7 heteroatoms. The molecule has 0 N–H and O–H groups in total. The van der Waals surface area contributed by atoms with Gasteiger partial charge in [0.2, 0.25) is 9.47 Å². The molecule has 94 valence electrons. The zero-order chi connectivity index (χ0) is 12.5. The van der Waals surface area contributed by atoms with Crippen LogP contribution in [0.5, 0.6) is 0 Å². The average Bonchev–Trinajstić information content (AvgIpc) is 2.88. The minimum Gasteiger partial charge on any atom is -0.467 e. The summed E-state index contributed by atoms with van der Waals surface area (Å²) in [4.78, 5) is 14.1. The maximum atomic E-state index is 12.3. The summed E-state index contributed by atoms with van der Waals surface area (Å²) in [7, 11) is 0. The number of nitrogens with zero attached hydrogens (tertiary/aromatic N) is 3. The number of carbonyl (C=O) groups is 1. The fourth-order valence-electron chi connectivity index (χ4n) is 1.74. The minimum atomic E-state index is -0.127. The van der Waals surface area contributed by atoms with E-state index in [0.29, 0.717) is 11.6 Å². The lowest BCUT2D eigenvalue weighted by Crippen LogP contribution is -2.32. The molecule has 1 aliphatic carbocycles. The van der Waals surface area contributed by atoms with Crippen molar-refractivity contribution in [2.24, 2.45) is 0 Å². The van der Waals surface area contributed by atoms with Crippen LogP contribution in [0.4, 0.5) is 0 Å². The third-order valence-electron chi connectivity index (χ3n) is 2.74. The maximum Gasteiger partial charge on any atom is 0.285 e. The smallest absolute Gasteiger partial charge is 0.285 e. The number of aromatic nitrogens is 2. The van der Waals surface area contributed by atoms with Gasteiger partial charge in [-0.3, -0.25) is 4.79 Å². The van der Waals surface area contributed by atoms with E-state index in [9.17, 15) is 4.79 Å². The van der Waals surface area contributed by atoms with Crippen LogP contribution in [-0.4, -0.2) is 27.0 Å². The molecular weight excluding hydrogens is 274 g/mol. The van der Waals surface area contributed by atoms with Gasteiger partial charge in [0, 0.05) is 6.04 Å². The normalized spacial score (nSPS) is 14.7. The molecule has 2 aromatic rings. The van der Waals surface area contributed by atoms with Gasteiger partial charge in [-0.25, -0.2) is 0 Å². The Kier molecular flexibility index (Phi) is 3.05. The van der Waals surface area contributed by atoms with E-state index < -0.39 is 0 Å². The third-order valence-corrected chi connectivity index (χ3v) is 3.74. The van der Waals surface area contributed by atoms with E-state index in [0.717, 1.165) is 29.9 Å². The van der Waals surface area contributed by atoms with Crippen molar-refractivity contribution in [1.82, 2.24) is 15.1 Å². The lowest BCUT2D eigenvalue weighted by molar-refractivity contribution is 0.0716. The van der Waals surface area contributed by atoms with Crippen molar-refractivity contribution in [1.29, 1.82) is 0 Å². The van der Waals surface area contributed by atoms with Gasteiger partial charge >= 0.3 is 0 Å². The summed E-state index contributed by atoms with van der Waals surface area (Å²) in [5.41, 5.74) is 0. The number of hydrogen-bond acceptors (Lipinski definition) is 5. The monoisotopic (exact) mass is 283 g/mol. The molecule has 0 unspecified atom stereocenters. The van der Waals surface area contributed by atoms with Crippen molar-refractivity contribution in [3.8, 4) is 0 Å². The zero-order valence-corrected chi connectivity index (χ0v) is 10.9. The first-order valence-corrected chi connectivity index (χ1v) is 6.76. The van der Waals surface area contributed by atoms with E-state index in [4.69, 9.17) is 16.0 Å². The van der Waals surface area contributed by atoms with Crippen LogP contribution in [0.15, 0.2) is 22.8 Å². The quantitative estimate of drug-likeness (QED) is 0.865. The van der Waals surface area contributed by atoms with Crippen LogP contribution in [0.3, 0.4) is 0 Å². The van der Waals surface area contributed by atoms with Crippen molar-refractivity contribution in [3.05, 3.63) is 33.6 Å². The molecule has 3 rings (SSSR count). The summed E-state index contributed by atoms with van der Waals surface area (Å²) in [5.74, 6) is 0.643. The molecule has 5 nitrogen and oxygen atoms in total. The van der Waals surface area contributed by atoms with Gasteiger partial charge in [-0.1, -0.05) is 11.3 Å². The van der Waals surface area contributed by atoms with E-state index in [1.165, 1.54) is 0 Å². The van der Waals surface area contributed by atoms with Gasteiger partial charge in [0.15, 0.2) is 0 Å². The number of rotatable bonds is 4. The molecule has 0 aromatic carbocycles. The molecule has 1 aliphatic rings. The SMILES string of the molecule is O=C(c1nnc(Cl)s1)N(Cc1ccco1)C1CC1. The van der Waals surface area contributed by atoms with Crippen LogP contribution in [0, 0.1) is 0 Å². The number of hydrogen-bond donors (Lipinski definition) is 0. The standard InChI is InChI=1S/C11H10ClN3O2S/c12-11-14-13-9(18-11)10(16)15(7-3-4-7)6-8-2-1-5-17-8/h1-2,5,7H,3-4,6H2. The summed E-state index contributed by atoms with van der Waals surface area (Å²) in [6.45, 7) is 0.466. The Morgan fingerprint density at radius 2 is 2.39 bits per heavy atom. The molecule has 18 heavy (non-hydrogen) atoms. The Bertz CT molecular complexity index is 550. The van der Waals surface area contributed by atoms with Crippen LogP contribution in [-0.2, 0) is 6.54 Å². The summed E-state index contributed by atoms with van der Waals surface area (Å²) < 4.78 is 5.56. The van der Waals surface area contributed by atoms with Crippen molar-refractivity contribution in [2.45, 2.75) is 25.4 Å². The molecular formula is C11H10ClN3O2S. The summed E-state index contributed by atoms with van der Waals surface area (Å²) in [5, 5.41) is 7.78. The molecule has 2 heterocycles. The van der Waals surface area contributed by atoms with Crippen LogP contribution >= 0.6 is 22.9 Å². The Labute approximate surface area is 112 Å². The highest BCUT2D eigenvalue weighted by Gasteiger charge is 2.35. The Morgan fingerprint density at radius 1 is 1.56 bits per heavy atom. The van der Waals surface area contributed by atoms with Gasteiger partial charge in [0.05, 0.1) is 12.8 Å². The maximum absolute atomic E-state index is 12.3. The molecule has 2 aromatic heterocycles. The summed E-state index contributed by atoms with van der Waals surface area (Å²) >= 11 is 6.81. The lowest BCUT2D eigenvalue weighted by atomic mass is 10.3. The highest BCUT2D eigenvalue weighted by molar-refractivity contribution is 7.17. The van der Waals surface area contributed by atoms with Crippen molar-refractivity contribution in [2.75, 3.05) is 0 Å². The fraction of sp³-hybridized carbons (Fsp3) is 0.364. The number of carbonyl (C=O) groups excluding carboxylic acids is 1. The summed E-state index contributed by atoms with van der Waals surface area (Å²) in [6, 6.07) is 3.95. The second kappa shape index (κ2) is 4.70. The van der Waals surface area contributed by atoms with Gasteiger partial charge in [0.1, 0.15) is 5.76 Å². The average molecular weight is 284 g/mol. The minimum absolute atomic E-state index is 0.127. The van der Waals surface area contributed by atoms with Crippen LogP contribution in [0.1, 0.15) is 28.4 Å². The van der Waals surface area contributed by atoms with Crippen molar-refractivity contribution in [3.63, 3.8) is 0 Å². The van der Waals surface area contributed by atoms with Gasteiger partial charge in [-0.05, 0) is 36.6 Å². The van der Waals surface area contributed by atoms with E-state index in [1.54, 1.807) is 11.2 Å². The molecule has 0 radical (unpaired) electrons. The van der Waals surface area contributed by atoms with E-state index >= 15 is 0 Å². The molecule has 1 saturated carbocycles. The lowest BCUT2D eigenvalue weighted by Gasteiger charge is -2.19.